The molecule has 2 rings (SSSR count). The fourth-order valence-corrected chi connectivity index (χ4v) is 1.94. The summed E-state index contributed by atoms with van der Waals surface area (Å²) in [6.45, 7) is 2.02. The van der Waals surface area contributed by atoms with E-state index in [1.54, 1.807) is 12.4 Å². The molecule has 0 bridgehead atoms. The second-order valence-corrected chi connectivity index (χ2v) is 4.64. The summed E-state index contributed by atoms with van der Waals surface area (Å²) in [5.41, 5.74) is 0.893. The quantitative estimate of drug-likeness (QED) is 0.786. The minimum Gasteiger partial charge on any atom is -0.299 e. The SMILES string of the molecule is CC(C(=O)Cc1ccncc1Cl)C1CC1. The lowest BCUT2D eigenvalue weighted by atomic mass is 9.96. The maximum Gasteiger partial charge on any atom is 0.140 e. The number of Topliss-reactive ketones (excluding diaryl/α,β-unsaturated/α-hetero) is 1. The Bertz CT molecular complexity index is 374. The Morgan fingerprint density at radius 3 is 3.00 bits per heavy atom. The van der Waals surface area contributed by atoms with E-state index in [0.29, 0.717) is 23.1 Å². The molecule has 1 atom stereocenters. The van der Waals surface area contributed by atoms with Gasteiger partial charge in [0.1, 0.15) is 5.78 Å². The van der Waals surface area contributed by atoms with Crippen molar-refractivity contribution in [3.8, 4) is 0 Å². The van der Waals surface area contributed by atoms with Crippen molar-refractivity contribution < 1.29 is 4.79 Å². The van der Waals surface area contributed by atoms with Gasteiger partial charge in [0.25, 0.3) is 0 Å². The molecule has 0 amide bonds. The summed E-state index contributed by atoms with van der Waals surface area (Å²) < 4.78 is 0. The number of rotatable bonds is 4. The van der Waals surface area contributed by atoms with Crippen LogP contribution in [0.15, 0.2) is 18.5 Å². The average Bonchev–Trinajstić information content (AvgIpc) is 3.04. The third kappa shape index (κ3) is 2.57. The van der Waals surface area contributed by atoms with Gasteiger partial charge >= 0.3 is 0 Å². The molecule has 1 saturated carbocycles. The number of pyridine rings is 1. The van der Waals surface area contributed by atoms with E-state index < -0.39 is 0 Å². The van der Waals surface area contributed by atoms with Gasteiger partial charge in [0.05, 0.1) is 5.02 Å². The standard InChI is InChI=1S/C12H14ClNO/c1-8(9-2-3-9)12(15)6-10-4-5-14-7-11(10)13/h4-5,7-9H,2-3,6H2,1H3. The summed E-state index contributed by atoms with van der Waals surface area (Å²) in [7, 11) is 0. The Balaban J connectivity index is 2.02. The van der Waals surface area contributed by atoms with Crippen molar-refractivity contribution in [1.29, 1.82) is 0 Å². The second kappa shape index (κ2) is 4.31. The van der Waals surface area contributed by atoms with Crippen LogP contribution in [-0.2, 0) is 11.2 Å². The molecule has 0 N–H and O–H groups in total. The Kier molecular flexibility index (Phi) is 3.06. The van der Waals surface area contributed by atoms with Crippen molar-refractivity contribution >= 4 is 17.4 Å². The van der Waals surface area contributed by atoms with Crippen molar-refractivity contribution in [1.82, 2.24) is 4.98 Å². The first-order chi connectivity index (χ1) is 7.18. The van der Waals surface area contributed by atoms with Crippen LogP contribution < -0.4 is 0 Å². The van der Waals surface area contributed by atoms with Crippen LogP contribution in [0.2, 0.25) is 5.02 Å². The zero-order chi connectivity index (χ0) is 10.8. The number of aromatic nitrogens is 1. The van der Waals surface area contributed by atoms with E-state index >= 15 is 0 Å². The summed E-state index contributed by atoms with van der Waals surface area (Å²) in [5, 5.41) is 0.592. The molecule has 1 heterocycles. The minimum absolute atomic E-state index is 0.189. The summed E-state index contributed by atoms with van der Waals surface area (Å²) in [4.78, 5) is 15.8. The molecule has 1 aromatic heterocycles. The van der Waals surface area contributed by atoms with Gasteiger partial charge in [-0.2, -0.15) is 0 Å². The zero-order valence-electron chi connectivity index (χ0n) is 8.74. The maximum absolute atomic E-state index is 11.9. The van der Waals surface area contributed by atoms with Gasteiger partial charge in [0, 0.05) is 24.7 Å². The molecule has 80 valence electrons. The number of hydrogen-bond acceptors (Lipinski definition) is 2. The number of carbonyl (C=O) groups is 1. The van der Waals surface area contributed by atoms with Crippen LogP contribution in [0.25, 0.3) is 0 Å². The van der Waals surface area contributed by atoms with E-state index in [-0.39, 0.29) is 5.92 Å². The number of ketones is 1. The van der Waals surface area contributed by atoms with Gasteiger partial charge in [-0.3, -0.25) is 9.78 Å². The van der Waals surface area contributed by atoms with Gasteiger partial charge in [0.2, 0.25) is 0 Å². The molecule has 0 saturated heterocycles. The number of nitrogens with zero attached hydrogens (tertiary/aromatic N) is 1. The molecule has 15 heavy (non-hydrogen) atoms. The Labute approximate surface area is 94.7 Å². The first kappa shape index (κ1) is 10.6. The van der Waals surface area contributed by atoms with Crippen LogP contribution in [0.4, 0.5) is 0 Å². The lowest BCUT2D eigenvalue weighted by Crippen LogP contribution is -2.15. The minimum atomic E-state index is 0.189. The molecule has 1 unspecified atom stereocenters. The molecule has 0 aromatic carbocycles. The lowest BCUT2D eigenvalue weighted by Gasteiger charge is -2.09. The topological polar surface area (TPSA) is 30.0 Å². The zero-order valence-corrected chi connectivity index (χ0v) is 9.50. The molecule has 2 nitrogen and oxygen atoms in total. The van der Waals surface area contributed by atoms with Crippen molar-refractivity contribution in [2.45, 2.75) is 26.2 Å². The van der Waals surface area contributed by atoms with Crippen LogP contribution in [0, 0.1) is 11.8 Å². The van der Waals surface area contributed by atoms with Crippen LogP contribution in [0.5, 0.6) is 0 Å². The first-order valence-electron chi connectivity index (χ1n) is 5.29. The highest BCUT2D eigenvalue weighted by Crippen LogP contribution is 2.37. The smallest absolute Gasteiger partial charge is 0.140 e. The molecule has 1 aromatic rings. The molecular weight excluding hydrogens is 210 g/mol. The van der Waals surface area contributed by atoms with E-state index in [1.807, 2.05) is 13.0 Å². The van der Waals surface area contributed by atoms with Crippen molar-refractivity contribution in [3.05, 3.63) is 29.0 Å². The molecule has 0 radical (unpaired) electrons. The summed E-state index contributed by atoms with van der Waals surface area (Å²) in [5.74, 6) is 1.11. The maximum atomic E-state index is 11.9. The fourth-order valence-electron chi connectivity index (χ4n) is 1.76. The fraction of sp³-hybridized carbons (Fsp3) is 0.500. The van der Waals surface area contributed by atoms with E-state index in [9.17, 15) is 4.79 Å². The van der Waals surface area contributed by atoms with Gasteiger partial charge in [-0.15, -0.1) is 0 Å². The summed E-state index contributed by atoms with van der Waals surface area (Å²) >= 11 is 5.95. The highest BCUT2D eigenvalue weighted by Gasteiger charge is 2.32. The predicted octanol–water partition coefficient (Wildman–Crippen LogP) is 2.89. The van der Waals surface area contributed by atoms with Gasteiger partial charge < -0.3 is 0 Å². The largest absolute Gasteiger partial charge is 0.299 e. The van der Waals surface area contributed by atoms with E-state index in [2.05, 4.69) is 4.98 Å². The third-order valence-corrected chi connectivity index (χ3v) is 3.40. The van der Waals surface area contributed by atoms with E-state index in [1.165, 1.54) is 12.8 Å². The van der Waals surface area contributed by atoms with Crippen LogP contribution >= 0.6 is 11.6 Å². The second-order valence-electron chi connectivity index (χ2n) is 4.24. The van der Waals surface area contributed by atoms with Crippen molar-refractivity contribution in [2.24, 2.45) is 11.8 Å². The van der Waals surface area contributed by atoms with Gasteiger partial charge in [-0.05, 0) is 30.4 Å². The monoisotopic (exact) mass is 223 g/mol. The molecule has 1 fully saturated rings. The lowest BCUT2D eigenvalue weighted by molar-refractivity contribution is -0.122. The third-order valence-electron chi connectivity index (χ3n) is 3.06. The van der Waals surface area contributed by atoms with Crippen molar-refractivity contribution in [2.75, 3.05) is 0 Å². The normalized spacial score (nSPS) is 17.5. The van der Waals surface area contributed by atoms with E-state index in [0.717, 1.165) is 5.56 Å². The van der Waals surface area contributed by atoms with E-state index in [4.69, 9.17) is 11.6 Å². The Hall–Kier alpha value is -0.890. The summed E-state index contributed by atoms with van der Waals surface area (Å²) in [6.07, 6.45) is 6.12. The molecular formula is C12H14ClNO. The Morgan fingerprint density at radius 1 is 1.67 bits per heavy atom. The molecule has 0 aliphatic heterocycles. The predicted molar refractivity (Wildman–Crippen MR) is 59.8 cm³/mol. The number of hydrogen-bond donors (Lipinski definition) is 0. The number of halogens is 1. The van der Waals surface area contributed by atoms with Crippen LogP contribution in [0.1, 0.15) is 25.3 Å². The Morgan fingerprint density at radius 2 is 2.40 bits per heavy atom. The van der Waals surface area contributed by atoms with Gasteiger partial charge in [-0.25, -0.2) is 0 Å². The van der Waals surface area contributed by atoms with Crippen molar-refractivity contribution in [3.63, 3.8) is 0 Å². The first-order valence-corrected chi connectivity index (χ1v) is 5.67. The van der Waals surface area contributed by atoms with Gasteiger partial charge in [0.15, 0.2) is 0 Å². The molecule has 0 spiro atoms. The average molecular weight is 224 g/mol. The van der Waals surface area contributed by atoms with Gasteiger partial charge in [-0.1, -0.05) is 18.5 Å². The molecule has 3 heteroatoms. The van der Waals surface area contributed by atoms with Crippen LogP contribution in [0.3, 0.4) is 0 Å². The number of carbonyl (C=O) groups excluding carboxylic acids is 1. The highest BCUT2D eigenvalue weighted by molar-refractivity contribution is 6.31. The molecule has 1 aliphatic rings. The highest BCUT2D eigenvalue weighted by atomic mass is 35.5. The van der Waals surface area contributed by atoms with Crippen LogP contribution in [-0.4, -0.2) is 10.8 Å². The summed E-state index contributed by atoms with van der Waals surface area (Å²) in [6, 6.07) is 1.82. The molecule has 1 aliphatic carbocycles.